The number of amides is 1. The maximum atomic E-state index is 12.9. The largest absolute Gasteiger partial charge is 0.343 e. The third kappa shape index (κ3) is 3.44. The maximum Gasteiger partial charge on any atom is 0.257 e. The van der Waals surface area contributed by atoms with Gasteiger partial charge >= 0.3 is 0 Å². The second kappa shape index (κ2) is 6.44. The van der Waals surface area contributed by atoms with Gasteiger partial charge in [0.1, 0.15) is 5.52 Å². The summed E-state index contributed by atoms with van der Waals surface area (Å²) in [5.74, 6) is 0.727. The summed E-state index contributed by atoms with van der Waals surface area (Å²) in [6.07, 6.45) is 8.41. The fourth-order valence-electron chi connectivity index (χ4n) is 2.66. The van der Waals surface area contributed by atoms with E-state index in [9.17, 15) is 4.79 Å². The zero-order chi connectivity index (χ0) is 15.5. The third-order valence-corrected chi connectivity index (χ3v) is 4.06. The van der Waals surface area contributed by atoms with Crippen molar-refractivity contribution in [2.75, 3.05) is 33.7 Å². The lowest BCUT2D eigenvalue weighted by Gasteiger charge is -2.23. The normalized spacial score (nSPS) is 14.7. The maximum absolute atomic E-state index is 12.9. The van der Waals surface area contributed by atoms with E-state index in [1.165, 1.54) is 12.8 Å². The minimum Gasteiger partial charge on any atom is -0.343 e. The van der Waals surface area contributed by atoms with Crippen LogP contribution in [0.15, 0.2) is 18.7 Å². The molecule has 0 aromatic carbocycles. The highest BCUT2D eigenvalue weighted by Gasteiger charge is 2.28. The van der Waals surface area contributed by atoms with Crippen LogP contribution in [0.3, 0.4) is 0 Å². The average Bonchev–Trinajstić information content (AvgIpc) is 3.18. The Morgan fingerprint density at radius 3 is 2.86 bits per heavy atom. The van der Waals surface area contributed by atoms with E-state index in [0.717, 1.165) is 31.6 Å². The molecule has 0 aliphatic heterocycles. The number of hydrogen-bond acceptors (Lipinski definition) is 4. The second-order valence-corrected chi connectivity index (χ2v) is 6.34. The first kappa shape index (κ1) is 15.0. The van der Waals surface area contributed by atoms with Crippen molar-refractivity contribution in [3.8, 4) is 0 Å². The lowest BCUT2D eigenvalue weighted by atomic mass is 10.2. The van der Waals surface area contributed by atoms with Gasteiger partial charge in [-0.1, -0.05) is 0 Å². The summed E-state index contributed by atoms with van der Waals surface area (Å²) in [5, 5.41) is 0. The van der Waals surface area contributed by atoms with Crippen LogP contribution in [0.2, 0.25) is 0 Å². The van der Waals surface area contributed by atoms with Gasteiger partial charge in [-0.25, -0.2) is 4.98 Å². The molecule has 0 bridgehead atoms. The van der Waals surface area contributed by atoms with Crippen molar-refractivity contribution in [2.45, 2.75) is 19.3 Å². The number of imidazole rings is 1. The van der Waals surface area contributed by atoms with Crippen LogP contribution in [0.1, 0.15) is 29.6 Å². The van der Waals surface area contributed by atoms with Gasteiger partial charge in [0.2, 0.25) is 0 Å². The number of carbonyl (C=O) groups excluding carboxylic acids is 1. The molecule has 0 atom stereocenters. The topological polar surface area (TPSA) is 65.1 Å². The van der Waals surface area contributed by atoms with Crippen molar-refractivity contribution >= 4 is 16.9 Å². The molecular weight excluding hydrogens is 278 g/mol. The lowest BCUT2D eigenvalue weighted by molar-refractivity contribution is 0.0743. The summed E-state index contributed by atoms with van der Waals surface area (Å²) < 4.78 is 0. The first-order valence-corrected chi connectivity index (χ1v) is 7.86. The number of nitrogens with zero attached hydrogens (tertiary/aromatic N) is 4. The molecular formula is C16H23N5O. The van der Waals surface area contributed by atoms with E-state index in [4.69, 9.17) is 0 Å². The van der Waals surface area contributed by atoms with Crippen molar-refractivity contribution in [2.24, 2.45) is 5.92 Å². The van der Waals surface area contributed by atoms with E-state index < -0.39 is 0 Å². The summed E-state index contributed by atoms with van der Waals surface area (Å²) in [6.45, 7) is 2.63. The first-order valence-electron chi connectivity index (χ1n) is 7.86. The Labute approximate surface area is 130 Å². The Kier molecular flexibility index (Phi) is 4.38. The highest BCUT2D eigenvalue weighted by molar-refractivity contribution is 6.04. The Bertz CT molecular complexity index is 647. The third-order valence-electron chi connectivity index (χ3n) is 4.06. The average molecular weight is 301 g/mol. The summed E-state index contributed by atoms with van der Waals surface area (Å²) in [4.78, 5) is 28.5. The molecule has 1 fully saturated rings. The summed E-state index contributed by atoms with van der Waals surface area (Å²) in [6, 6.07) is 0. The highest BCUT2D eigenvalue weighted by atomic mass is 16.2. The van der Waals surface area contributed by atoms with Crippen LogP contribution in [0, 0.1) is 5.92 Å². The molecule has 3 rings (SSSR count). The number of H-pyrrole nitrogens is 1. The van der Waals surface area contributed by atoms with E-state index in [-0.39, 0.29) is 5.91 Å². The fourth-order valence-corrected chi connectivity index (χ4v) is 2.66. The van der Waals surface area contributed by atoms with Crippen LogP contribution >= 0.6 is 0 Å². The lowest BCUT2D eigenvalue weighted by Crippen LogP contribution is -2.35. The monoisotopic (exact) mass is 301 g/mol. The second-order valence-electron chi connectivity index (χ2n) is 6.34. The zero-order valence-corrected chi connectivity index (χ0v) is 13.2. The number of fused-ring (bicyclic) bond motifs is 1. The molecule has 1 N–H and O–H groups in total. The van der Waals surface area contributed by atoms with Gasteiger partial charge in [0.05, 0.1) is 23.6 Å². The van der Waals surface area contributed by atoms with Gasteiger partial charge in [0.15, 0.2) is 0 Å². The molecule has 1 amide bonds. The van der Waals surface area contributed by atoms with Crippen LogP contribution in [0.25, 0.3) is 11.0 Å². The molecule has 6 heteroatoms. The van der Waals surface area contributed by atoms with Gasteiger partial charge in [0.25, 0.3) is 5.91 Å². The van der Waals surface area contributed by atoms with Crippen LogP contribution in [-0.4, -0.2) is 64.4 Å². The van der Waals surface area contributed by atoms with E-state index in [1.54, 1.807) is 18.7 Å². The Morgan fingerprint density at radius 1 is 1.32 bits per heavy atom. The molecule has 2 aromatic rings. The first-order chi connectivity index (χ1) is 10.6. The minimum absolute atomic E-state index is 0.0517. The molecule has 2 heterocycles. The summed E-state index contributed by atoms with van der Waals surface area (Å²) in [5.41, 5.74) is 2.13. The predicted molar refractivity (Wildman–Crippen MR) is 85.7 cm³/mol. The number of rotatable bonds is 7. The predicted octanol–water partition coefficient (Wildman–Crippen LogP) is 1.76. The van der Waals surface area contributed by atoms with E-state index in [0.29, 0.717) is 17.0 Å². The summed E-state index contributed by atoms with van der Waals surface area (Å²) >= 11 is 0. The van der Waals surface area contributed by atoms with Gasteiger partial charge in [-0.2, -0.15) is 0 Å². The zero-order valence-electron chi connectivity index (χ0n) is 13.2. The van der Waals surface area contributed by atoms with Gasteiger partial charge in [-0.15, -0.1) is 0 Å². The Morgan fingerprint density at radius 2 is 2.14 bits per heavy atom. The number of aromatic nitrogens is 3. The highest BCUT2D eigenvalue weighted by Crippen LogP contribution is 2.30. The van der Waals surface area contributed by atoms with Crippen LogP contribution in [0.5, 0.6) is 0 Å². The molecule has 0 saturated heterocycles. The smallest absolute Gasteiger partial charge is 0.257 e. The van der Waals surface area contributed by atoms with Crippen LogP contribution in [-0.2, 0) is 0 Å². The van der Waals surface area contributed by atoms with Gasteiger partial charge in [-0.3, -0.25) is 9.78 Å². The van der Waals surface area contributed by atoms with Crippen molar-refractivity contribution < 1.29 is 4.79 Å². The molecule has 6 nitrogen and oxygen atoms in total. The number of hydrogen-bond donors (Lipinski definition) is 1. The number of nitrogens with one attached hydrogen (secondary N) is 1. The molecule has 1 aliphatic rings. The van der Waals surface area contributed by atoms with Crippen molar-refractivity contribution in [3.05, 3.63) is 24.3 Å². The van der Waals surface area contributed by atoms with Crippen molar-refractivity contribution in [3.63, 3.8) is 0 Å². The van der Waals surface area contributed by atoms with Gasteiger partial charge in [-0.05, 0) is 45.8 Å². The van der Waals surface area contributed by atoms with E-state index in [2.05, 4.69) is 33.9 Å². The molecule has 0 spiro atoms. The van der Waals surface area contributed by atoms with Crippen LogP contribution < -0.4 is 0 Å². The van der Waals surface area contributed by atoms with Gasteiger partial charge < -0.3 is 14.8 Å². The standard InChI is InChI=1S/C16H23N5O/c1-20(2)6-3-7-21(10-12-4-5-12)16(22)13-8-17-9-14-15(13)19-11-18-14/h8-9,11-12H,3-7,10H2,1-2H3,(H,18,19). The Hall–Kier alpha value is -1.95. The Balaban J connectivity index is 1.76. The minimum atomic E-state index is 0.0517. The molecule has 2 aromatic heterocycles. The number of carbonyl (C=O) groups is 1. The molecule has 118 valence electrons. The van der Waals surface area contributed by atoms with Crippen molar-refractivity contribution in [1.82, 2.24) is 24.8 Å². The molecule has 0 unspecified atom stereocenters. The van der Waals surface area contributed by atoms with E-state index in [1.807, 2.05) is 4.90 Å². The molecule has 0 radical (unpaired) electrons. The fraction of sp³-hybridized carbons (Fsp3) is 0.562. The van der Waals surface area contributed by atoms with Gasteiger partial charge in [0, 0.05) is 19.3 Å². The molecule has 1 aliphatic carbocycles. The van der Waals surface area contributed by atoms with Crippen LogP contribution in [0.4, 0.5) is 0 Å². The summed E-state index contributed by atoms with van der Waals surface area (Å²) in [7, 11) is 4.11. The van der Waals surface area contributed by atoms with E-state index >= 15 is 0 Å². The SMILES string of the molecule is CN(C)CCCN(CC1CC1)C(=O)c1cncc2[nH]cnc12. The number of aromatic amines is 1. The van der Waals surface area contributed by atoms with Crippen molar-refractivity contribution in [1.29, 1.82) is 0 Å². The molecule has 22 heavy (non-hydrogen) atoms. The molecule has 1 saturated carbocycles. The number of pyridine rings is 1. The quantitative estimate of drug-likeness (QED) is 0.846.